The van der Waals surface area contributed by atoms with Gasteiger partial charge in [0.1, 0.15) is 17.7 Å². The molecular weight excluding hydrogens is 304 g/mol. The number of halogens is 2. The lowest BCUT2D eigenvalue weighted by Crippen LogP contribution is -2.46. The minimum absolute atomic E-state index is 0.401. The Labute approximate surface area is 122 Å². The van der Waals surface area contributed by atoms with Crippen molar-refractivity contribution in [3.8, 4) is 0 Å². The number of nitrogens with one attached hydrogen (secondary N) is 1. The van der Waals surface area contributed by atoms with Crippen LogP contribution < -0.4 is 4.72 Å². The summed E-state index contributed by atoms with van der Waals surface area (Å²) in [5, 5.41) is 0. The molecule has 0 aliphatic rings. The molecule has 0 aromatic heterocycles. The Morgan fingerprint density at radius 1 is 1.33 bits per heavy atom. The number of ether oxygens (including phenoxy) is 1. The van der Waals surface area contributed by atoms with Crippen molar-refractivity contribution in [3.63, 3.8) is 0 Å². The molecule has 0 heterocycles. The molecule has 118 valence electrons. The van der Waals surface area contributed by atoms with Crippen LogP contribution in [0, 0.1) is 17.6 Å². The Morgan fingerprint density at radius 3 is 2.29 bits per heavy atom. The van der Waals surface area contributed by atoms with E-state index in [-0.39, 0.29) is 0 Å². The van der Waals surface area contributed by atoms with Crippen LogP contribution >= 0.6 is 0 Å². The van der Waals surface area contributed by atoms with Crippen molar-refractivity contribution in [3.05, 3.63) is 29.8 Å². The number of hydrogen-bond acceptors (Lipinski definition) is 4. The molecule has 0 aliphatic heterocycles. The Morgan fingerprint density at radius 2 is 1.86 bits per heavy atom. The van der Waals surface area contributed by atoms with Crippen molar-refractivity contribution in [1.82, 2.24) is 4.72 Å². The fourth-order valence-electron chi connectivity index (χ4n) is 1.72. The van der Waals surface area contributed by atoms with Gasteiger partial charge in [0.25, 0.3) is 0 Å². The fraction of sp³-hybridized carbons (Fsp3) is 0.462. The first-order chi connectivity index (χ1) is 9.74. The third kappa shape index (κ3) is 3.98. The second-order valence-electron chi connectivity index (χ2n) is 4.56. The minimum Gasteiger partial charge on any atom is -0.468 e. The number of methoxy groups -OCH3 is 1. The quantitative estimate of drug-likeness (QED) is 0.811. The van der Waals surface area contributed by atoms with Crippen LogP contribution in [0.15, 0.2) is 23.1 Å². The highest BCUT2D eigenvalue weighted by Crippen LogP contribution is 2.20. The van der Waals surface area contributed by atoms with Gasteiger partial charge in [-0.15, -0.1) is 0 Å². The summed E-state index contributed by atoms with van der Waals surface area (Å²) in [5.41, 5.74) is 0. The molecule has 0 unspecified atom stereocenters. The smallest absolute Gasteiger partial charge is 0.324 e. The summed E-state index contributed by atoms with van der Waals surface area (Å²) in [5.74, 6) is -3.67. The summed E-state index contributed by atoms with van der Waals surface area (Å²) in [6.45, 7) is 3.38. The van der Waals surface area contributed by atoms with Crippen LogP contribution in [0.5, 0.6) is 0 Å². The van der Waals surface area contributed by atoms with E-state index in [4.69, 9.17) is 0 Å². The van der Waals surface area contributed by atoms with Gasteiger partial charge in [0.2, 0.25) is 10.0 Å². The summed E-state index contributed by atoms with van der Waals surface area (Å²) in [7, 11) is -3.43. The van der Waals surface area contributed by atoms with Crippen LogP contribution in [0.4, 0.5) is 8.78 Å². The average molecular weight is 321 g/mol. The van der Waals surface area contributed by atoms with E-state index < -0.39 is 44.5 Å². The predicted octanol–water partition coefficient (Wildman–Crippen LogP) is 1.83. The molecule has 0 saturated carbocycles. The fourth-order valence-corrected chi connectivity index (χ4v) is 3.15. The molecule has 0 saturated heterocycles. The van der Waals surface area contributed by atoms with Crippen molar-refractivity contribution < 1.29 is 26.7 Å². The summed E-state index contributed by atoms with van der Waals surface area (Å²) < 4.78 is 58.0. The van der Waals surface area contributed by atoms with Crippen LogP contribution in [-0.4, -0.2) is 27.5 Å². The number of rotatable bonds is 6. The predicted molar refractivity (Wildman–Crippen MR) is 71.9 cm³/mol. The lowest BCUT2D eigenvalue weighted by atomic mass is 10.0. The lowest BCUT2D eigenvalue weighted by Gasteiger charge is -2.21. The Kier molecular flexibility index (Phi) is 5.79. The Hall–Kier alpha value is -1.54. The SMILES string of the molecule is CC[C@H](C)[C@H](NS(=O)(=O)c1c(F)cccc1F)C(=O)OC. The molecule has 1 rings (SSSR count). The molecule has 21 heavy (non-hydrogen) atoms. The second-order valence-corrected chi connectivity index (χ2v) is 6.21. The van der Waals surface area contributed by atoms with E-state index >= 15 is 0 Å². The molecular formula is C13H17F2NO4S. The zero-order valence-electron chi connectivity index (χ0n) is 11.9. The monoisotopic (exact) mass is 321 g/mol. The lowest BCUT2D eigenvalue weighted by molar-refractivity contribution is -0.143. The molecule has 0 radical (unpaired) electrons. The third-order valence-electron chi connectivity index (χ3n) is 3.14. The van der Waals surface area contributed by atoms with E-state index in [0.29, 0.717) is 6.42 Å². The zero-order chi connectivity index (χ0) is 16.2. The number of benzene rings is 1. The van der Waals surface area contributed by atoms with Gasteiger partial charge in [-0.05, 0) is 18.1 Å². The first-order valence-electron chi connectivity index (χ1n) is 6.28. The Bertz CT molecular complexity index is 598. The number of carbonyl (C=O) groups is 1. The second kappa shape index (κ2) is 6.95. The standard InChI is InChI=1S/C13H17F2NO4S/c1-4-8(2)11(13(17)20-3)16-21(18,19)12-9(14)6-5-7-10(12)15/h5-8,11,16H,4H2,1-3H3/t8-,11-/m0/s1. The van der Waals surface area contributed by atoms with E-state index in [1.54, 1.807) is 13.8 Å². The van der Waals surface area contributed by atoms with Crippen LogP contribution in [0.3, 0.4) is 0 Å². The molecule has 1 N–H and O–H groups in total. The summed E-state index contributed by atoms with van der Waals surface area (Å²) in [6.07, 6.45) is 0.474. The van der Waals surface area contributed by atoms with Crippen molar-refractivity contribution in [2.45, 2.75) is 31.2 Å². The van der Waals surface area contributed by atoms with E-state index in [1.807, 2.05) is 4.72 Å². The first kappa shape index (κ1) is 17.5. The van der Waals surface area contributed by atoms with Gasteiger partial charge < -0.3 is 4.74 Å². The highest BCUT2D eigenvalue weighted by atomic mass is 32.2. The average Bonchev–Trinajstić information content (AvgIpc) is 2.42. The Balaban J connectivity index is 3.21. The summed E-state index contributed by atoms with van der Waals surface area (Å²) in [6, 6.07) is 1.49. The number of carbonyl (C=O) groups excluding carboxylic acids is 1. The summed E-state index contributed by atoms with van der Waals surface area (Å²) >= 11 is 0. The van der Waals surface area contributed by atoms with Crippen LogP contribution in [0.2, 0.25) is 0 Å². The minimum atomic E-state index is -4.53. The zero-order valence-corrected chi connectivity index (χ0v) is 12.7. The maximum atomic E-state index is 13.6. The van der Waals surface area contributed by atoms with E-state index in [2.05, 4.69) is 4.74 Å². The van der Waals surface area contributed by atoms with E-state index in [1.165, 1.54) is 0 Å². The van der Waals surface area contributed by atoms with Gasteiger partial charge in [-0.25, -0.2) is 17.2 Å². The maximum Gasteiger partial charge on any atom is 0.324 e. The molecule has 1 aromatic rings. The van der Waals surface area contributed by atoms with Gasteiger partial charge in [-0.3, -0.25) is 4.79 Å². The number of sulfonamides is 1. The topological polar surface area (TPSA) is 72.5 Å². The van der Waals surface area contributed by atoms with E-state index in [0.717, 1.165) is 25.3 Å². The van der Waals surface area contributed by atoms with Crippen LogP contribution in [0.25, 0.3) is 0 Å². The van der Waals surface area contributed by atoms with Crippen molar-refractivity contribution in [2.24, 2.45) is 5.92 Å². The molecule has 0 bridgehead atoms. The normalized spacial score (nSPS) is 14.5. The highest BCUT2D eigenvalue weighted by Gasteiger charge is 2.33. The molecule has 0 aliphatic carbocycles. The number of hydrogen-bond donors (Lipinski definition) is 1. The van der Waals surface area contributed by atoms with Crippen molar-refractivity contribution >= 4 is 16.0 Å². The van der Waals surface area contributed by atoms with Gasteiger partial charge in [0, 0.05) is 0 Å². The molecule has 1 aromatic carbocycles. The molecule has 0 fully saturated rings. The molecule has 0 amide bonds. The van der Waals surface area contributed by atoms with Crippen molar-refractivity contribution in [1.29, 1.82) is 0 Å². The third-order valence-corrected chi connectivity index (χ3v) is 4.63. The van der Waals surface area contributed by atoms with Gasteiger partial charge in [0.05, 0.1) is 7.11 Å². The van der Waals surface area contributed by atoms with Gasteiger partial charge in [-0.2, -0.15) is 4.72 Å². The number of esters is 1. The van der Waals surface area contributed by atoms with Crippen LogP contribution in [-0.2, 0) is 19.6 Å². The van der Waals surface area contributed by atoms with Crippen molar-refractivity contribution in [2.75, 3.05) is 7.11 Å². The first-order valence-corrected chi connectivity index (χ1v) is 7.77. The largest absolute Gasteiger partial charge is 0.468 e. The van der Waals surface area contributed by atoms with Crippen LogP contribution in [0.1, 0.15) is 20.3 Å². The molecule has 5 nitrogen and oxygen atoms in total. The van der Waals surface area contributed by atoms with E-state index in [9.17, 15) is 22.0 Å². The summed E-state index contributed by atoms with van der Waals surface area (Å²) in [4.78, 5) is 10.5. The van der Waals surface area contributed by atoms with Gasteiger partial charge in [-0.1, -0.05) is 26.3 Å². The molecule has 0 spiro atoms. The highest BCUT2D eigenvalue weighted by molar-refractivity contribution is 7.89. The molecule has 8 heteroatoms. The van der Waals surface area contributed by atoms with Gasteiger partial charge >= 0.3 is 5.97 Å². The maximum absolute atomic E-state index is 13.6. The molecule has 2 atom stereocenters. The van der Waals surface area contributed by atoms with Gasteiger partial charge in [0.15, 0.2) is 4.90 Å².